The molecule has 2 aromatic heterocycles. The smallest absolute Gasteiger partial charge is 0.475 e. The van der Waals surface area contributed by atoms with Crippen LogP contribution in [0.1, 0.15) is 16.8 Å². The van der Waals surface area contributed by atoms with Gasteiger partial charge in [-0.25, -0.2) is 9.78 Å². The van der Waals surface area contributed by atoms with Gasteiger partial charge in [0.15, 0.2) is 0 Å². The molecule has 11 heteroatoms. The van der Waals surface area contributed by atoms with E-state index in [9.17, 15) is 18.0 Å². The molecule has 4 heterocycles. The van der Waals surface area contributed by atoms with Gasteiger partial charge in [0.2, 0.25) is 5.88 Å². The van der Waals surface area contributed by atoms with E-state index in [0.29, 0.717) is 5.88 Å². The maximum Gasteiger partial charge on any atom is 0.490 e. The first-order valence-corrected chi connectivity index (χ1v) is 11.0. The lowest BCUT2D eigenvalue weighted by Crippen LogP contribution is -2.60. The lowest BCUT2D eigenvalue weighted by Gasteiger charge is -2.47. The summed E-state index contributed by atoms with van der Waals surface area (Å²) in [5, 5.41) is 8.12. The monoisotopic (exact) mass is 479 g/mol. The van der Waals surface area contributed by atoms with E-state index in [1.165, 1.54) is 0 Å². The molecule has 2 N–H and O–H groups in total. The van der Waals surface area contributed by atoms with E-state index in [1.54, 1.807) is 6.20 Å². The lowest BCUT2D eigenvalue weighted by atomic mass is 9.92. The van der Waals surface area contributed by atoms with Gasteiger partial charge in [0.25, 0.3) is 5.91 Å². The number of amides is 1. The van der Waals surface area contributed by atoms with Crippen LogP contribution in [0.4, 0.5) is 13.2 Å². The van der Waals surface area contributed by atoms with Crippen molar-refractivity contribution in [2.75, 3.05) is 18.8 Å². The SMILES string of the molecule is O=C(O)C(F)(F)F.O=C(c1c[nH]c2ccccc12)N1CC2(CC(Oc3ccccn3)CS2)C1. The zero-order chi connectivity index (χ0) is 23.6. The van der Waals surface area contributed by atoms with E-state index in [2.05, 4.69) is 9.97 Å². The topological polar surface area (TPSA) is 95.5 Å². The average molecular weight is 479 g/mol. The third kappa shape index (κ3) is 5.08. The van der Waals surface area contributed by atoms with Gasteiger partial charge in [-0.1, -0.05) is 24.3 Å². The van der Waals surface area contributed by atoms with Crippen LogP contribution in [0.2, 0.25) is 0 Å². The number of ether oxygens (including phenoxy) is 1. The molecule has 0 bridgehead atoms. The average Bonchev–Trinajstić information content (AvgIpc) is 3.37. The number of hydrogen-bond acceptors (Lipinski definition) is 5. The molecule has 1 amide bonds. The van der Waals surface area contributed by atoms with Crippen molar-refractivity contribution in [2.45, 2.75) is 23.4 Å². The Morgan fingerprint density at radius 3 is 2.55 bits per heavy atom. The highest BCUT2D eigenvalue weighted by Gasteiger charge is 2.51. The van der Waals surface area contributed by atoms with Crippen LogP contribution in [0.15, 0.2) is 54.9 Å². The number of carboxylic acid groups (broad SMARTS) is 1. The second-order valence-corrected chi connectivity index (χ2v) is 9.31. The maximum absolute atomic E-state index is 12.9. The number of carbonyl (C=O) groups is 2. The number of likely N-dealkylation sites (tertiary alicyclic amines) is 1. The number of pyridine rings is 1. The van der Waals surface area contributed by atoms with E-state index in [4.69, 9.17) is 14.6 Å². The van der Waals surface area contributed by atoms with Gasteiger partial charge >= 0.3 is 12.1 Å². The molecule has 2 aliphatic rings. The molecule has 1 atom stereocenters. The minimum Gasteiger partial charge on any atom is -0.475 e. The molecule has 0 aliphatic carbocycles. The van der Waals surface area contributed by atoms with Crippen LogP contribution in [-0.4, -0.2) is 67.7 Å². The van der Waals surface area contributed by atoms with Gasteiger partial charge in [-0.05, 0) is 12.1 Å². The van der Waals surface area contributed by atoms with E-state index < -0.39 is 12.1 Å². The number of aromatic nitrogens is 2. The Kier molecular flexibility index (Phi) is 6.24. The molecule has 2 saturated heterocycles. The second-order valence-electron chi connectivity index (χ2n) is 7.82. The fourth-order valence-electron chi connectivity index (χ4n) is 3.90. The Hall–Kier alpha value is -3.21. The van der Waals surface area contributed by atoms with E-state index >= 15 is 0 Å². The van der Waals surface area contributed by atoms with E-state index in [0.717, 1.165) is 41.7 Å². The summed E-state index contributed by atoms with van der Waals surface area (Å²) in [4.78, 5) is 31.1. The third-order valence-corrected chi connectivity index (χ3v) is 6.98. The number of H-pyrrole nitrogens is 1. The van der Waals surface area contributed by atoms with Crippen LogP contribution in [0, 0.1) is 0 Å². The van der Waals surface area contributed by atoms with Crippen LogP contribution in [0.5, 0.6) is 5.88 Å². The lowest BCUT2D eigenvalue weighted by molar-refractivity contribution is -0.192. The summed E-state index contributed by atoms with van der Waals surface area (Å²) in [6, 6.07) is 13.7. The number of thioether (sulfide) groups is 1. The fourth-order valence-corrected chi connectivity index (χ4v) is 5.42. The molecular formula is C22H20F3N3O4S. The first-order chi connectivity index (χ1) is 15.7. The Labute approximate surface area is 190 Å². The number of benzene rings is 1. The maximum atomic E-state index is 12.9. The predicted octanol–water partition coefficient (Wildman–Crippen LogP) is 3.98. The number of alkyl halides is 3. The molecule has 0 saturated carbocycles. The Morgan fingerprint density at radius 1 is 1.18 bits per heavy atom. The highest BCUT2D eigenvalue weighted by atomic mass is 32.2. The van der Waals surface area contributed by atoms with Crippen molar-refractivity contribution >= 4 is 34.5 Å². The molecule has 33 heavy (non-hydrogen) atoms. The number of nitrogens with one attached hydrogen (secondary N) is 1. The summed E-state index contributed by atoms with van der Waals surface area (Å²) in [5.41, 5.74) is 1.77. The summed E-state index contributed by atoms with van der Waals surface area (Å²) in [6.07, 6.45) is -0.378. The van der Waals surface area contributed by atoms with Gasteiger partial charge in [0.1, 0.15) is 6.10 Å². The van der Waals surface area contributed by atoms with Crippen LogP contribution in [0.3, 0.4) is 0 Å². The number of carbonyl (C=O) groups excluding carboxylic acids is 1. The van der Waals surface area contributed by atoms with Crippen LogP contribution in [0.25, 0.3) is 10.9 Å². The second kappa shape index (κ2) is 8.97. The summed E-state index contributed by atoms with van der Waals surface area (Å²) >= 11 is 1.93. The number of aliphatic carboxylic acids is 1. The van der Waals surface area contributed by atoms with Crippen LogP contribution >= 0.6 is 11.8 Å². The van der Waals surface area contributed by atoms with Gasteiger partial charge in [-0.15, -0.1) is 11.8 Å². The summed E-state index contributed by atoms with van der Waals surface area (Å²) in [6.45, 7) is 1.58. The minimum atomic E-state index is -5.08. The molecule has 1 spiro atoms. The number of hydrogen-bond donors (Lipinski definition) is 2. The third-order valence-electron chi connectivity index (χ3n) is 5.41. The largest absolute Gasteiger partial charge is 0.490 e. The van der Waals surface area contributed by atoms with Gasteiger partial charge in [-0.3, -0.25) is 4.79 Å². The first-order valence-electron chi connectivity index (χ1n) is 10.0. The summed E-state index contributed by atoms with van der Waals surface area (Å²) < 4.78 is 37.9. The highest BCUT2D eigenvalue weighted by Crippen LogP contribution is 2.46. The molecule has 0 radical (unpaired) electrons. The Bertz CT molecular complexity index is 1150. The first kappa shape index (κ1) is 23.0. The van der Waals surface area contributed by atoms with Crippen molar-refractivity contribution < 1.29 is 32.6 Å². The molecule has 7 nitrogen and oxygen atoms in total. The zero-order valence-electron chi connectivity index (χ0n) is 17.2. The van der Waals surface area contributed by atoms with Crippen molar-refractivity contribution in [3.05, 3.63) is 60.4 Å². The number of para-hydroxylation sites is 1. The molecule has 2 aliphatic heterocycles. The number of carboxylic acids is 1. The summed E-state index contributed by atoms with van der Waals surface area (Å²) in [5.74, 6) is -1.01. The van der Waals surface area contributed by atoms with Crippen LogP contribution < -0.4 is 4.74 Å². The number of fused-ring (bicyclic) bond motifs is 1. The molecule has 1 unspecified atom stereocenters. The van der Waals surface area contributed by atoms with Crippen molar-refractivity contribution in [1.29, 1.82) is 0 Å². The van der Waals surface area contributed by atoms with Crippen molar-refractivity contribution in [2.24, 2.45) is 0 Å². The molecule has 1 aromatic carbocycles. The standard InChI is InChI=1S/C20H19N3O2S.C2HF3O2/c24-19(16-10-22-17-6-2-1-5-15(16)17)23-12-20(13-23)9-14(11-26-20)25-18-7-3-4-8-21-18;3-2(4,5)1(6)7/h1-8,10,14,22H,9,11-13H2;(H,6,7). The summed E-state index contributed by atoms with van der Waals surface area (Å²) in [7, 11) is 0. The van der Waals surface area contributed by atoms with E-state index in [-0.39, 0.29) is 16.8 Å². The molecule has 174 valence electrons. The highest BCUT2D eigenvalue weighted by molar-refractivity contribution is 8.01. The predicted molar refractivity (Wildman–Crippen MR) is 116 cm³/mol. The van der Waals surface area contributed by atoms with Gasteiger partial charge in [-0.2, -0.15) is 13.2 Å². The number of rotatable bonds is 3. The number of nitrogens with zero attached hydrogens (tertiary/aromatic N) is 2. The zero-order valence-corrected chi connectivity index (χ0v) is 18.0. The normalized spacial score (nSPS) is 19.0. The van der Waals surface area contributed by atoms with E-state index in [1.807, 2.05) is 65.3 Å². The Balaban J connectivity index is 0.000000325. The van der Waals surface area contributed by atoms with Gasteiger partial charge < -0.3 is 19.7 Å². The van der Waals surface area contributed by atoms with Crippen molar-refractivity contribution in [1.82, 2.24) is 14.9 Å². The number of aromatic amines is 1. The Morgan fingerprint density at radius 2 is 1.88 bits per heavy atom. The molecule has 5 rings (SSSR count). The molecule has 3 aromatic rings. The minimum absolute atomic E-state index is 0.114. The van der Waals surface area contributed by atoms with Gasteiger partial charge in [0, 0.05) is 54.6 Å². The van der Waals surface area contributed by atoms with Crippen LogP contribution in [-0.2, 0) is 4.79 Å². The quantitative estimate of drug-likeness (QED) is 0.590. The van der Waals surface area contributed by atoms with Crippen molar-refractivity contribution in [3.63, 3.8) is 0 Å². The number of halogens is 3. The van der Waals surface area contributed by atoms with Gasteiger partial charge in [0.05, 0.1) is 10.3 Å². The molecular weight excluding hydrogens is 459 g/mol. The molecule has 2 fully saturated rings. The fraction of sp³-hybridized carbons (Fsp3) is 0.318. The van der Waals surface area contributed by atoms with Crippen molar-refractivity contribution in [3.8, 4) is 5.88 Å².